The molecule has 0 aromatic heterocycles. The van der Waals surface area contributed by atoms with E-state index < -0.39 is 0 Å². The van der Waals surface area contributed by atoms with E-state index in [1.807, 2.05) is 0 Å². The highest BCUT2D eigenvalue weighted by Crippen LogP contribution is 2.38. The zero-order valence-electron chi connectivity index (χ0n) is 9.57. The standard InChI is InChI=1S/C11H15NO4/c1-14-9-4-7(8(13)6-12)5-10(15-2)11(9)16-3/h4-5H,6,12H2,1-3H3. The fourth-order valence-corrected chi connectivity index (χ4v) is 1.36. The Kier molecular flexibility index (Phi) is 4.13. The van der Waals surface area contributed by atoms with E-state index in [4.69, 9.17) is 19.9 Å². The van der Waals surface area contributed by atoms with Gasteiger partial charge in [-0.1, -0.05) is 0 Å². The number of nitrogens with two attached hydrogens (primary N) is 1. The molecular formula is C11H15NO4. The van der Waals surface area contributed by atoms with Crippen molar-refractivity contribution >= 4 is 5.78 Å². The maximum Gasteiger partial charge on any atom is 0.203 e. The molecule has 0 aliphatic rings. The molecule has 88 valence electrons. The lowest BCUT2D eigenvalue weighted by atomic mass is 10.1. The van der Waals surface area contributed by atoms with Crippen molar-refractivity contribution in [3.05, 3.63) is 17.7 Å². The fourth-order valence-electron chi connectivity index (χ4n) is 1.36. The molecule has 0 heterocycles. The summed E-state index contributed by atoms with van der Waals surface area (Å²) < 4.78 is 15.4. The molecule has 5 heteroatoms. The minimum Gasteiger partial charge on any atom is -0.493 e. The average Bonchev–Trinajstić information content (AvgIpc) is 2.35. The first-order chi connectivity index (χ1) is 7.67. The van der Waals surface area contributed by atoms with Crippen LogP contribution >= 0.6 is 0 Å². The summed E-state index contributed by atoms with van der Waals surface area (Å²) in [6.45, 7) is -0.0569. The fraction of sp³-hybridized carbons (Fsp3) is 0.364. The lowest BCUT2D eigenvalue weighted by Gasteiger charge is -2.13. The Hall–Kier alpha value is -1.75. The molecule has 1 rings (SSSR count). The summed E-state index contributed by atoms with van der Waals surface area (Å²) in [7, 11) is 4.49. The number of ether oxygens (including phenoxy) is 3. The lowest BCUT2D eigenvalue weighted by molar-refractivity contribution is 0.100. The lowest BCUT2D eigenvalue weighted by Crippen LogP contribution is -2.14. The van der Waals surface area contributed by atoms with Gasteiger partial charge in [0.15, 0.2) is 17.3 Å². The van der Waals surface area contributed by atoms with Gasteiger partial charge >= 0.3 is 0 Å². The molecule has 2 N–H and O–H groups in total. The number of carbonyl (C=O) groups is 1. The molecule has 0 radical (unpaired) electrons. The number of hydrogen-bond acceptors (Lipinski definition) is 5. The smallest absolute Gasteiger partial charge is 0.203 e. The van der Waals surface area contributed by atoms with Gasteiger partial charge in [-0.05, 0) is 12.1 Å². The van der Waals surface area contributed by atoms with Crippen LogP contribution in [0, 0.1) is 0 Å². The molecule has 0 saturated heterocycles. The molecule has 0 saturated carbocycles. The topological polar surface area (TPSA) is 70.8 Å². The SMILES string of the molecule is COc1cc(C(=O)CN)cc(OC)c1OC. The number of benzene rings is 1. The van der Waals surface area contributed by atoms with Crippen LogP contribution in [0.3, 0.4) is 0 Å². The molecule has 5 nitrogen and oxygen atoms in total. The molecule has 1 aromatic carbocycles. The first kappa shape index (κ1) is 12.3. The van der Waals surface area contributed by atoms with Crippen LogP contribution in [0.2, 0.25) is 0 Å². The van der Waals surface area contributed by atoms with Crippen molar-refractivity contribution < 1.29 is 19.0 Å². The summed E-state index contributed by atoms with van der Waals surface area (Å²) >= 11 is 0. The average molecular weight is 225 g/mol. The molecule has 0 fully saturated rings. The second-order valence-corrected chi connectivity index (χ2v) is 3.04. The first-order valence-electron chi connectivity index (χ1n) is 4.71. The summed E-state index contributed by atoms with van der Waals surface area (Å²) in [5.41, 5.74) is 5.74. The van der Waals surface area contributed by atoms with E-state index in [9.17, 15) is 4.79 Å². The van der Waals surface area contributed by atoms with Crippen LogP contribution in [-0.2, 0) is 0 Å². The van der Waals surface area contributed by atoms with E-state index in [1.165, 1.54) is 21.3 Å². The van der Waals surface area contributed by atoms with E-state index in [2.05, 4.69) is 0 Å². The Labute approximate surface area is 94.1 Å². The zero-order chi connectivity index (χ0) is 12.1. The monoisotopic (exact) mass is 225 g/mol. The molecule has 0 spiro atoms. The van der Waals surface area contributed by atoms with Crippen LogP contribution < -0.4 is 19.9 Å². The molecule has 0 aliphatic carbocycles. The van der Waals surface area contributed by atoms with Crippen molar-refractivity contribution in [3.63, 3.8) is 0 Å². The number of Topliss-reactive ketones (excluding diaryl/α,β-unsaturated/α-hetero) is 1. The highest BCUT2D eigenvalue weighted by molar-refractivity contribution is 5.98. The Morgan fingerprint density at radius 1 is 1.12 bits per heavy atom. The van der Waals surface area contributed by atoms with Gasteiger partial charge in [-0.3, -0.25) is 4.79 Å². The van der Waals surface area contributed by atoms with Crippen LogP contribution in [0.5, 0.6) is 17.2 Å². The first-order valence-corrected chi connectivity index (χ1v) is 4.71. The molecular weight excluding hydrogens is 210 g/mol. The van der Waals surface area contributed by atoms with Crippen molar-refractivity contribution in [1.82, 2.24) is 0 Å². The van der Waals surface area contributed by atoms with Gasteiger partial charge in [0.2, 0.25) is 5.75 Å². The van der Waals surface area contributed by atoms with E-state index in [1.54, 1.807) is 12.1 Å². The number of hydrogen-bond donors (Lipinski definition) is 1. The van der Waals surface area contributed by atoms with Crippen molar-refractivity contribution in [2.75, 3.05) is 27.9 Å². The number of methoxy groups -OCH3 is 3. The highest BCUT2D eigenvalue weighted by Gasteiger charge is 2.15. The molecule has 0 amide bonds. The summed E-state index contributed by atoms with van der Waals surface area (Å²) in [5.74, 6) is 1.16. The van der Waals surface area contributed by atoms with Gasteiger partial charge in [0, 0.05) is 5.56 Å². The number of rotatable bonds is 5. The second-order valence-electron chi connectivity index (χ2n) is 3.04. The number of ketones is 1. The Morgan fingerprint density at radius 3 is 1.94 bits per heavy atom. The molecule has 0 atom stereocenters. The van der Waals surface area contributed by atoms with Crippen LogP contribution in [0.1, 0.15) is 10.4 Å². The zero-order valence-corrected chi connectivity index (χ0v) is 9.57. The summed E-state index contributed by atoms with van der Waals surface area (Å²) in [4.78, 5) is 11.5. The van der Waals surface area contributed by atoms with Gasteiger partial charge in [-0.2, -0.15) is 0 Å². The summed E-state index contributed by atoms with van der Waals surface area (Å²) in [5, 5.41) is 0. The van der Waals surface area contributed by atoms with Gasteiger partial charge in [0.25, 0.3) is 0 Å². The van der Waals surface area contributed by atoms with Crippen molar-refractivity contribution in [1.29, 1.82) is 0 Å². The van der Waals surface area contributed by atoms with E-state index >= 15 is 0 Å². The molecule has 16 heavy (non-hydrogen) atoms. The van der Waals surface area contributed by atoms with Crippen LogP contribution in [-0.4, -0.2) is 33.7 Å². The quantitative estimate of drug-likeness (QED) is 0.752. The van der Waals surface area contributed by atoms with Crippen LogP contribution in [0.15, 0.2) is 12.1 Å². The van der Waals surface area contributed by atoms with Gasteiger partial charge in [-0.25, -0.2) is 0 Å². The second kappa shape index (κ2) is 5.37. The number of carbonyl (C=O) groups excluding carboxylic acids is 1. The predicted octanol–water partition coefficient (Wildman–Crippen LogP) is 0.854. The van der Waals surface area contributed by atoms with Gasteiger partial charge < -0.3 is 19.9 Å². The van der Waals surface area contributed by atoms with Crippen molar-refractivity contribution in [3.8, 4) is 17.2 Å². The molecule has 0 unspecified atom stereocenters. The Morgan fingerprint density at radius 2 is 1.62 bits per heavy atom. The minimum atomic E-state index is -0.181. The van der Waals surface area contributed by atoms with Gasteiger partial charge in [0.05, 0.1) is 27.9 Å². The highest BCUT2D eigenvalue weighted by atomic mass is 16.5. The predicted molar refractivity (Wildman–Crippen MR) is 59.5 cm³/mol. The maximum absolute atomic E-state index is 11.5. The van der Waals surface area contributed by atoms with E-state index in [0.29, 0.717) is 22.8 Å². The van der Waals surface area contributed by atoms with Crippen molar-refractivity contribution in [2.45, 2.75) is 0 Å². The third-order valence-electron chi connectivity index (χ3n) is 2.17. The summed E-state index contributed by atoms with van der Waals surface area (Å²) in [6, 6.07) is 3.16. The molecule has 0 bridgehead atoms. The normalized spacial score (nSPS) is 9.75. The Bertz CT molecular complexity index is 365. The van der Waals surface area contributed by atoms with Crippen LogP contribution in [0.25, 0.3) is 0 Å². The van der Waals surface area contributed by atoms with E-state index in [-0.39, 0.29) is 12.3 Å². The van der Waals surface area contributed by atoms with Gasteiger partial charge in [0.1, 0.15) is 0 Å². The Balaban J connectivity index is 3.31. The van der Waals surface area contributed by atoms with Crippen molar-refractivity contribution in [2.24, 2.45) is 5.73 Å². The maximum atomic E-state index is 11.5. The van der Waals surface area contributed by atoms with Gasteiger partial charge in [-0.15, -0.1) is 0 Å². The largest absolute Gasteiger partial charge is 0.493 e. The molecule has 0 aliphatic heterocycles. The molecule has 1 aromatic rings. The third kappa shape index (κ3) is 2.25. The minimum absolute atomic E-state index is 0.0569. The summed E-state index contributed by atoms with van der Waals surface area (Å²) in [6.07, 6.45) is 0. The van der Waals surface area contributed by atoms with Crippen LogP contribution in [0.4, 0.5) is 0 Å². The van der Waals surface area contributed by atoms with E-state index in [0.717, 1.165) is 0 Å². The third-order valence-corrected chi connectivity index (χ3v) is 2.17.